The average Bonchev–Trinajstić information content (AvgIpc) is 3.19. The van der Waals surface area contributed by atoms with Gasteiger partial charge in [0, 0.05) is 17.1 Å². The summed E-state index contributed by atoms with van der Waals surface area (Å²) in [5.74, 6) is 0. The van der Waals surface area contributed by atoms with Crippen molar-refractivity contribution in [1.29, 1.82) is 0 Å². The van der Waals surface area contributed by atoms with Crippen LogP contribution in [-0.4, -0.2) is 0 Å². The molecule has 222 valence electrons. The van der Waals surface area contributed by atoms with E-state index < -0.39 is 0 Å². The van der Waals surface area contributed by atoms with Crippen molar-refractivity contribution in [3.63, 3.8) is 0 Å². The highest BCUT2D eigenvalue weighted by Crippen LogP contribution is 2.38. The van der Waals surface area contributed by atoms with Crippen LogP contribution in [-0.2, 0) is 0 Å². The second-order valence-corrected chi connectivity index (χ2v) is 11.5. The Morgan fingerprint density at radius 3 is 1.53 bits per heavy atom. The first kappa shape index (κ1) is 24.1. The van der Waals surface area contributed by atoms with Crippen LogP contribution in [0.4, 0.5) is 17.1 Å². The van der Waals surface area contributed by atoms with Crippen molar-refractivity contribution in [2.24, 2.45) is 0 Å². The van der Waals surface area contributed by atoms with Crippen molar-refractivity contribution in [2.75, 3.05) is 4.90 Å². The number of nitrogens with zero attached hydrogens (tertiary/aromatic N) is 1. The third-order valence-electron chi connectivity index (χ3n) is 8.53. The summed E-state index contributed by atoms with van der Waals surface area (Å²) in [6.45, 7) is 0. The lowest BCUT2D eigenvalue weighted by Crippen LogP contribution is -2.09. The minimum absolute atomic E-state index is 0.0842. The predicted octanol–water partition coefficient (Wildman–Crippen LogP) is 13.0. The van der Waals surface area contributed by atoms with Crippen LogP contribution in [0, 0.1) is 0 Å². The van der Waals surface area contributed by atoms with Gasteiger partial charge < -0.3 is 4.90 Å². The van der Waals surface area contributed by atoms with Crippen molar-refractivity contribution in [2.45, 2.75) is 0 Å². The maximum atomic E-state index is 9.28. The van der Waals surface area contributed by atoms with Crippen molar-refractivity contribution in [3.05, 3.63) is 200 Å². The van der Waals surface area contributed by atoms with E-state index in [4.69, 9.17) is 0 Å². The van der Waals surface area contributed by atoms with Gasteiger partial charge in [0.15, 0.2) is 0 Å². The van der Waals surface area contributed by atoms with Gasteiger partial charge in [-0.15, -0.1) is 0 Å². The van der Waals surface area contributed by atoms with Crippen LogP contribution in [0.15, 0.2) is 200 Å². The van der Waals surface area contributed by atoms with Gasteiger partial charge in [-0.3, -0.25) is 0 Å². The van der Waals surface area contributed by atoms with Crippen LogP contribution in [0.1, 0.15) is 5.48 Å². The van der Waals surface area contributed by atoms with Crippen LogP contribution in [0.3, 0.4) is 0 Å². The fourth-order valence-electron chi connectivity index (χ4n) is 6.18. The summed E-state index contributed by atoms with van der Waals surface area (Å²) >= 11 is 0. The lowest BCUT2D eigenvalue weighted by molar-refractivity contribution is 1.28. The van der Waals surface area contributed by atoms with E-state index >= 15 is 0 Å². The van der Waals surface area contributed by atoms with Gasteiger partial charge in [0.25, 0.3) is 0 Å². The number of fused-ring (bicyclic) bond motifs is 1. The van der Waals surface area contributed by atoms with E-state index in [2.05, 4.69) is 66.7 Å². The fraction of sp³-hybridized carbons (Fsp3) is 0. The molecule has 0 N–H and O–H groups in total. The highest BCUT2D eigenvalue weighted by molar-refractivity contribution is 5.97. The Kier molecular flexibility index (Phi) is 6.50. The van der Waals surface area contributed by atoms with Crippen molar-refractivity contribution in [1.82, 2.24) is 0 Å². The topological polar surface area (TPSA) is 3.24 Å². The molecule has 0 saturated heterocycles. The Morgan fingerprint density at radius 2 is 0.809 bits per heavy atom. The zero-order chi connectivity index (χ0) is 34.9. The molecule has 0 amide bonds. The van der Waals surface area contributed by atoms with Gasteiger partial charge >= 0.3 is 0 Å². The summed E-state index contributed by atoms with van der Waals surface area (Å²) in [6.07, 6.45) is 0. The number of anilines is 3. The summed E-state index contributed by atoms with van der Waals surface area (Å²) in [7, 11) is 0. The van der Waals surface area contributed by atoms with E-state index in [1.165, 1.54) is 16.3 Å². The molecule has 0 aliphatic heterocycles. The molecule has 1 heteroatoms. The third-order valence-corrected chi connectivity index (χ3v) is 8.53. The largest absolute Gasteiger partial charge is 0.311 e. The van der Waals surface area contributed by atoms with Gasteiger partial charge in [-0.1, -0.05) is 152 Å². The van der Waals surface area contributed by atoms with Crippen LogP contribution >= 0.6 is 0 Å². The fourth-order valence-corrected chi connectivity index (χ4v) is 6.18. The van der Waals surface area contributed by atoms with Gasteiger partial charge in [-0.2, -0.15) is 0 Å². The summed E-state index contributed by atoms with van der Waals surface area (Å²) in [4.78, 5) is 1.82. The molecule has 0 aliphatic rings. The first-order valence-corrected chi connectivity index (χ1v) is 15.8. The lowest BCUT2D eigenvalue weighted by Gasteiger charge is -2.26. The second-order valence-electron chi connectivity index (χ2n) is 11.5. The molecule has 0 atom stereocenters. The van der Waals surface area contributed by atoms with E-state index in [1.54, 1.807) is 0 Å². The molecular formula is C46H33N. The molecule has 1 nitrogen and oxygen atoms in total. The van der Waals surface area contributed by atoms with Crippen molar-refractivity contribution < 1.29 is 5.48 Å². The van der Waals surface area contributed by atoms with Crippen molar-refractivity contribution in [3.8, 4) is 44.5 Å². The van der Waals surface area contributed by atoms with Crippen molar-refractivity contribution >= 4 is 27.8 Å². The minimum atomic E-state index is -0.105. The Labute approximate surface area is 282 Å². The minimum Gasteiger partial charge on any atom is -0.311 e. The summed E-state index contributed by atoms with van der Waals surface area (Å²) < 4.78 is 36.9. The highest BCUT2D eigenvalue weighted by atomic mass is 15.1. The zero-order valence-corrected chi connectivity index (χ0v) is 25.7. The molecule has 0 unspecified atom stereocenters. The van der Waals surface area contributed by atoms with E-state index in [-0.39, 0.29) is 35.4 Å². The van der Waals surface area contributed by atoms with Crippen LogP contribution in [0.2, 0.25) is 0 Å². The summed E-state index contributed by atoms with van der Waals surface area (Å²) in [5.41, 5.74) is 8.97. The maximum Gasteiger partial charge on any atom is 0.0645 e. The number of hydrogen-bond donors (Lipinski definition) is 0. The molecule has 0 spiro atoms. The summed E-state index contributed by atoms with van der Waals surface area (Å²) in [5, 5.41) is 2.41. The van der Waals surface area contributed by atoms with E-state index in [0.29, 0.717) is 5.56 Å². The Hall–Kier alpha value is -6.18. The monoisotopic (exact) mass is 603 g/mol. The molecule has 0 bridgehead atoms. The molecular weight excluding hydrogens is 567 g/mol. The van der Waals surface area contributed by atoms with Gasteiger partial charge in [0.05, 0.1) is 5.48 Å². The Balaban J connectivity index is 1.20. The smallest absolute Gasteiger partial charge is 0.0645 e. The van der Waals surface area contributed by atoms with Gasteiger partial charge in [0.2, 0.25) is 0 Å². The van der Waals surface area contributed by atoms with E-state index in [1.807, 2.05) is 114 Å². The van der Waals surface area contributed by atoms with Gasteiger partial charge in [-0.05, 0) is 104 Å². The lowest BCUT2D eigenvalue weighted by atomic mass is 9.95. The molecule has 0 heterocycles. The van der Waals surface area contributed by atoms with E-state index in [9.17, 15) is 5.48 Å². The standard InChI is InChI=1S/C46H33N/c1-3-12-34(13-4-1)38-16-9-17-39(32-38)35-24-28-43(29-25-35)47(42-20-5-2-6-21-42)44-30-26-36(27-31-44)40-18-10-19-41(33-40)46-23-11-15-37-14-7-8-22-45(37)46/h1-33H/i24D,25D,28D,29D. The zero-order valence-electron chi connectivity index (χ0n) is 29.7. The predicted molar refractivity (Wildman–Crippen MR) is 200 cm³/mol. The molecule has 0 aromatic heterocycles. The van der Waals surface area contributed by atoms with Gasteiger partial charge in [0.1, 0.15) is 0 Å². The molecule has 0 aliphatic carbocycles. The molecule has 8 aromatic rings. The van der Waals surface area contributed by atoms with Crippen LogP contribution in [0.25, 0.3) is 55.3 Å². The third kappa shape index (κ3) is 5.83. The number of para-hydroxylation sites is 1. The number of rotatable bonds is 7. The first-order valence-electron chi connectivity index (χ1n) is 17.8. The quantitative estimate of drug-likeness (QED) is 0.175. The average molecular weight is 604 g/mol. The normalized spacial score (nSPS) is 12.2. The first-order chi connectivity index (χ1) is 25.0. The van der Waals surface area contributed by atoms with Crippen LogP contribution < -0.4 is 4.90 Å². The Bertz CT molecular complexity index is 2480. The van der Waals surface area contributed by atoms with Crippen LogP contribution in [0.5, 0.6) is 0 Å². The number of benzene rings is 8. The number of hydrogen-bond acceptors (Lipinski definition) is 1. The molecule has 8 rings (SSSR count). The van der Waals surface area contributed by atoms with E-state index in [0.717, 1.165) is 39.2 Å². The Morgan fingerprint density at radius 1 is 0.319 bits per heavy atom. The molecule has 0 radical (unpaired) electrons. The SMILES string of the molecule is [2H]c1c([2H])c(N(c2ccccc2)c2ccc(-c3cccc(-c4cccc5ccccc45)c3)cc2)c([2H])c([2H])c1-c1cccc(-c2ccccc2)c1. The highest BCUT2D eigenvalue weighted by Gasteiger charge is 2.14. The maximum absolute atomic E-state index is 9.28. The molecule has 0 saturated carbocycles. The molecule has 8 aromatic carbocycles. The molecule has 0 fully saturated rings. The molecule has 47 heavy (non-hydrogen) atoms. The second kappa shape index (κ2) is 12.7. The summed E-state index contributed by atoms with van der Waals surface area (Å²) in [6, 6.07) is 58.2. The van der Waals surface area contributed by atoms with Gasteiger partial charge in [-0.25, -0.2) is 0 Å².